The van der Waals surface area contributed by atoms with E-state index in [0.717, 1.165) is 4.90 Å². The zero-order valence-corrected chi connectivity index (χ0v) is 15.3. The number of benzene rings is 2. The van der Waals surface area contributed by atoms with Gasteiger partial charge in [-0.05, 0) is 23.6 Å². The monoisotopic (exact) mass is 366 g/mol. The molecular formula is C21H22N2O4. The number of hydrogen-bond acceptors (Lipinski definition) is 4. The standard InChI is InChI=1S/C21H22N2O4/c1-13(2)18(19(25)22-12-17(24)14-8-4-3-5-9-14)23-20(26)15-10-6-7-11-16(15)21(23)27/h3-11,13,17-18,24H,12H2,1-2H3,(H,22,25)/t17-,18-/m0/s1. The van der Waals surface area contributed by atoms with Gasteiger partial charge in [-0.2, -0.15) is 0 Å². The van der Waals surface area contributed by atoms with Gasteiger partial charge in [0.05, 0.1) is 17.2 Å². The molecular weight excluding hydrogens is 344 g/mol. The van der Waals surface area contributed by atoms with Crippen LogP contribution in [0.4, 0.5) is 0 Å². The highest BCUT2D eigenvalue weighted by molar-refractivity contribution is 6.22. The normalized spacial score (nSPS) is 15.6. The molecule has 27 heavy (non-hydrogen) atoms. The molecule has 3 amide bonds. The summed E-state index contributed by atoms with van der Waals surface area (Å²) in [4.78, 5) is 39.2. The van der Waals surface area contributed by atoms with Gasteiger partial charge in [0.1, 0.15) is 6.04 Å². The number of rotatable bonds is 6. The topological polar surface area (TPSA) is 86.7 Å². The van der Waals surface area contributed by atoms with Crippen molar-refractivity contribution in [3.63, 3.8) is 0 Å². The van der Waals surface area contributed by atoms with Crippen LogP contribution in [0.15, 0.2) is 54.6 Å². The number of amides is 3. The second-order valence-electron chi connectivity index (χ2n) is 6.89. The van der Waals surface area contributed by atoms with Gasteiger partial charge >= 0.3 is 0 Å². The Bertz CT molecular complexity index is 828. The first kappa shape index (κ1) is 18.8. The lowest BCUT2D eigenvalue weighted by Gasteiger charge is -2.28. The number of carbonyl (C=O) groups is 3. The average Bonchev–Trinajstić information content (AvgIpc) is 2.92. The molecule has 1 aliphatic heterocycles. The summed E-state index contributed by atoms with van der Waals surface area (Å²) in [6.07, 6.45) is -0.870. The Balaban J connectivity index is 1.75. The lowest BCUT2D eigenvalue weighted by Crippen LogP contribution is -2.52. The number of fused-ring (bicyclic) bond motifs is 1. The Morgan fingerprint density at radius 2 is 1.48 bits per heavy atom. The molecule has 6 heteroatoms. The van der Waals surface area contributed by atoms with Crippen LogP contribution in [0.2, 0.25) is 0 Å². The molecule has 6 nitrogen and oxygen atoms in total. The number of hydrogen-bond donors (Lipinski definition) is 2. The van der Waals surface area contributed by atoms with Crippen molar-refractivity contribution in [2.24, 2.45) is 5.92 Å². The summed E-state index contributed by atoms with van der Waals surface area (Å²) < 4.78 is 0. The molecule has 0 radical (unpaired) electrons. The fourth-order valence-corrected chi connectivity index (χ4v) is 3.27. The summed E-state index contributed by atoms with van der Waals surface area (Å²) in [6.45, 7) is 3.55. The van der Waals surface area contributed by atoms with Crippen LogP contribution in [0.5, 0.6) is 0 Å². The number of nitrogens with zero attached hydrogens (tertiary/aromatic N) is 1. The van der Waals surface area contributed by atoms with Crippen LogP contribution in [0.3, 0.4) is 0 Å². The Morgan fingerprint density at radius 3 is 2.00 bits per heavy atom. The van der Waals surface area contributed by atoms with Gasteiger partial charge in [-0.25, -0.2) is 0 Å². The molecule has 2 N–H and O–H groups in total. The molecule has 0 bridgehead atoms. The summed E-state index contributed by atoms with van der Waals surface area (Å²) >= 11 is 0. The van der Waals surface area contributed by atoms with Crippen molar-refractivity contribution >= 4 is 17.7 Å². The summed E-state index contributed by atoms with van der Waals surface area (Å²) in [5.74, 6) is -1.67. The first-order valence-corrected chi connectivity index (χ1v) is 8.89. The maximum atomic E-state index is 12.8. The van der Waals surface area contributed by atoms with Gasteiger partial charge in [-0.3, -0.25) is 19.3 Å². The number of carbonyl (C=O) groups excluding carboxylic acids is 3. The smallest absolute Gasteiger partial charge is 0.262 e. The van der Waals surface area contributed by atoms with Crippen molar-refractivity contribution in [2.45, 2.75) is 26.0 Å². The molecule has 0 saturated carbocycles. The third-order valence-electron chi connectivity index (χ3n) is 4.66. The van der Waals surface area contributed by atoms with Crippen molar-refractivity contribution in [1.82, 2.24) is 10.2 Å². The quantitative estimate of drug-likeness (QED) is 0.767. The molecule has 0 unspecified atom stereocenters. The van der Waals surface area contributed by atoms with Crippen LogP contribution in [0.1, 0.15) is 46.2 Å². The number of aliphatic hydroxyl groups is 1. The van der Waals surface area contributed by atoms with Crippen molar-refractivity contribution in [3.8, 4) is 0 Å². The van der Waals surface area contributed by atoms with E-state index >= 15 is 0 Å². The third kappa shape index (κ3) is 3.61. The molecule has 2 aromatic carbocycles. The minimum Gasteiger partial charge on any atom is -0.387 e. The Labute approximate surface area is 157 Å². The number of aliphatic hydroxyl groups excluding tert-OH is 1. The molecule has 0 aromatic heterocycles. The molecule has 3 rings (SSSR count). The van der Waals surface area contributed by atoms with Gasteiger partial charge in [-0.15, -0.1) is 0 Å². The molecule has 0 saturated heterocycles. The Kier molecular flexibility index (Phi) is 5.37. The van der Waals surface area contributed by atoms with Gasteiger partial charge < -0.3 is 10.4 Å². The van der Waals surface area contributed by atoms with Gasteiger partial charge in [0.25, 0.3) is 11.8 Å². The molecule has 1 aliphatic rings. The van der Waals surface area contributed by atoms with Crippen LogP contribution in [-0.2, 0) is 4.79 Å². The Morgan fingerprint density at radius 1 is 0.963 bits per heavy atom. The van der Waals surface area contributed by atoms with E-state index in [0.29, 0.717) is 16.7 Å². The van der Waals surface area contributed by atoms with E-state index in [1.807, 2.05) is 6.07 Å². The highest BCUT2D eigenvalue weighted by Gasteiger charge is 2.43. The number of nitrogens with one attached hydrogen (secondary N) is 1. The van der Waals surface area contributed by atoms with Crippen LogP contribution in [0, 0.1) is 5.92 Å². The molecule has 0 spiro atoms. The summed E-state index contributed by atoms with van der Waals surface area (Å²) in [7, 11) is 0. The number of imide groups is 1. The summed E-state index contributed by atoms with van der Waals surface area (Å²) in [5.41, 5.74) is 1.30. The molecule has 2 atom stereocenters. The van der Waals surface area contributed by atoms with E-state index in [1.54, 1.807) is 62.4 Å². The minimum absolute atomic E-state index is 0.00473. The average molecular weight is 366 g/mol. The summed E-state index contributed by atoms with van der Waals surface area (Å²) in [6, 6.07) is 14.6. The lowest BCUT2D eigenvalue weighted by atomic mass is 10.0. The molecule has 2 aromatic rings. The second-order valence-corrected chi connectivity index (χ2v) is 6.89. The predicted molar refractivity (Wildman–Crippen MR) is 100.0 cm³/mol. The highest BCUT2D eigenvalue weighted by atomic mass is 16.3. The largest absolute Gasteiger partial charge is 0.387 e. The summed E-state index contributed by atoms with van der Waals surface area (Å²) in [5, 5.41) is 12.9. The second kappa shape index (κ2) is 7.72. The van der Waals surface area contributed by atoms with Gasteiger partial charge in [0, 0.05) is 6.54 Å². The van der Waals surface area contributed by atoms with Crippen LogP contribution < -0.4 is 5.32 Å². The van der Waals surface area contributed by atoms with Crippen molar-refractivity contribution in [1.29, 1.82) is 0 Å². The van der Waals surface area contributed by atoms with E-state index in [1.165, 1.54) is 0 Å². The zero-order chi connectivity index (χ0) is 19.6. The van der Waals surface area contributed by atoms with Crippen LogP contribution >= 0.6 is 0 Å². The minimum atomic E-state index is -0.944. The fourth-order valence-electron chi connectivity index (χ4n) is 3.27. The van der Waals surface area contributed by atoms with E-state index in [9.17, 15) is 19.5 Å². The van der Waals surface area contributed by atoms with E-state index in [2.05, 4.69) is 5.32 Å². The highest BCUT2D eigenvalue weighted by Crippen LogP contribution is 2.27. The maximum Gasteiger partial charge on any atom is 0.262 e. The Hall–Kier alpha value is -2.99. The van der Waals surface area contributed by atoms with Crippen LogP contribution in [-0.4, -0.2) is 40.3 Å². The predicted octanol–water partition coefficient (Wildman–Crippen LogP) is 2.16. The SMILES string of the molecule is CC(C)[C@@H](C(=O)NC[C@H](O)c1ccccc1)N1C(=O)c2ccccc2C1=O. The lowest BCUT2D eigenvalue weighted by molar-refractivity contribution is -0.126. The first-order chi connectivity index (χ1) is 12.9. The van der Waals surface area contributed by atoms with E-state index < -0.39 is 29.9 Å². The first-order valence-electron chi connectivity index (χ1n) is 8.89. The van der Waals surface area contributed by atoms with Crippen molar-refractivity contribution in [2.75, 3.05) is 6.54 Å². The zero-order valence-electron chi connectivity index (χ0n) is 15.3. The van der Waals surface area contributed by atoms with Gasteiger partial charge in [0.2, 0.25) is 5.91 Å². The van der Waals surface area contributed by atoms with E-state index in [-0.39, 0.29) is 12.5 Å². The van der Waals surface area contributed by atoms with Gasteiger partial charge in [-0.1, -0.05) is 56.3 Å². The van der Waals surface area contributed by atoms with Crippen molar-refractivity contribution < 1.29 is 19.5 Å². The molecule has 140 valence electrons. The van der Waals surface area contributed by atoms with E-state index in [4.69, 9.17) is 0 Å². The molecule has 0 aliphatic carbocycles. The fraction of sp³-hybridized carbons (Fsp3) is 0.286. The maximum absolute atomic E-state index is 12.8. The molecule has 1 heterocycles. The third-order valence-corrected chi connectivity index (χ3v) is 4.66. The molecule has 0 fully saturated rings. The van der Waals surface area contributed by atoms with Crippen molar-refractivity contribution in [3.05, 3.63) is 71.3 Å². The van der Waals surface area contributed by atoms with Crippen LogP contribution in [0.25, 0.3) is 0 Å². The van der Waals surface area contributed by atoms with Gasteiger partial charge in [0.15, 0.2) is 0 Å².